The van der Waals surface area contributed by atoms with Crippen molar-refractivity contribution in [1.82, 2.24) is 15.0 Å². The molecule has 0 amide bonds. The van der Waals surface area contributed by atoms with Crippen LogP contribution in [0.3, 0.4) is 0 Å². The highest BCUT2D eigenvalue weighted by Gasteiger charge is 2.27. The molecule has 8 heteroatoms. The number of nitrogen functional groups attached to an aromatic ring is 1. The number of nitrogens with zero attached hydrogens (tertiary/aromatic N) is 3. The molecule has 5 N–H and O–H groups in total. The van der Waals surface area contributed by atoms with Crippen molar-refractivity contribution in [2.75, 3.05) is 23.7 Å². The van der Waals surface area contributed by atoms with Crippen molar-refractivity contribution in [3.8, 4) is 22.5 Å². The summed E-state index contributed by atoms with van der Waals surface area (Å²) in [6.45, 7) is 5.61. The van der Waals surface area contributed by atoms with Gasteiger partial charge in [0.2, 0.25) is 0 Å². The molecule has 0 saturated carbocycles. The number of aryl methyl sites for hydroxylation is 2. The van der Waals surface area contributed by atoms with Crippen molar-refractivity contribution in [1.29, 1.82) is 0 Å². The summed E-state index contributed by atoms with van der Waals surface area (Å²) in [5.41, 5.74) is 18.5. The van der Waals surface area contributed by atoms with Gasteiger partial charge in [0.25, 0.3) is 0 Å². The number of halogens is 2. The first kappa shape index (κ1) is 21.3. The number of pyridine rings is 1. The van der Waals surface area contributed by atoms with Gasteiger partial charge in [-0.25, -0.2) is 18.7 Å². The van der Waals surface area contributed by atoms with E-state index < -0.39 is 11.6 Å². The third-order valence-electron chi connectivity index (χ3n) is 6.21. The number of nitrogens with two attached hydrogens (primary N) is 2. The number of H-pyrrole nitrogens is 1. The van der Waals surface area contributed by atoms with Gasteiger partial charge < -0.3 is 21.4 Å². The van der Waals surface area contributed by atoms with Gasteiger partial charge in [-0.1, -0.05) is 29.3 Å². The third-order valence-corrected chi connectivity index (χ3v) is 6.21. The molecule has 0 atom stereocenters. The SMILES string of the molecule is Cc1cc(C)cc(-c2cnc(N)c(-c3nc4c(F)cc(F)cc4[nH]3)c2N2CCC(N)CC2)c1. The first-order valence-electron chi connectivity index (χ1n) is 11.0. The van der Waals surface area contributed by atoms with Crippen molar-refractivity contribution in [3.05, 3.63) is 59.3 Å². The van der Waals surface area contributed by atoms with Gasteiger partial charge in [0.1, 0.15) is 23.0 Å². The van der Waals surface area contributed by atoms with Gasteiger partial charge in [0.15, 0.2) is 5.82 Å². The Hall–Kier alpha value is -3.52. The molecular formula is C25H26F2N6. The minimum atomic E-state index is -0.727. The molecule has 6 nitrogen and oxygen atoms in total. The van der Waals surface area contributed by atoms with Crippen LogP contribution in [-0.2, 0) is 0 Å². The maximum atomic E-state index is 14.4. The summed E-state index contributed by atoms with van der Waals surface area (Å²) in [5, 5.41) is 0. The van der Waals surface area contributed by atoms with Crippen molar-refractivity contribution in [2.45, 2.75) is 32.7 Å². The van der Waals surface area contributed by atoms with Crippen LogP contribution in [0, 0.1) is 25.5 Å². The van der Waals surface area contributed by atoms with Crippen LogP contribution in [0.1, 0.15) is 24.0 Å². The first-order valence-corrected chi connectivity index (χ1v) is 11.0. The number of anilines is 2. The molecule has 1 saturated heterocycles. The smallest absolute Gasteiger partial charge is 0.153 e. The summed E-state index contributed by atoms with van der Waals surface area (Å²) >= 11 is 0. The van der Waals surface area contributed by atoms with E-state index in [9.17, 15) is 8.78 Å². The van der Waals surface area contributed by atoms with Gasteiger partial charge in [-0.2, -0.15) is 0 Å². The van der Waals surface area contributed by atoms with Crippen LogP contribution in [0.5, 0.6) is 0 Å². The van der Waals surface area contributed by atoms with E-state index >= 15 is 0 Å². The molecule has 0 spiro atoms. The van der Waals surface area contributed by atoms with Crippen LogP contribution < -0.4 is 16.4 Å². The molecular weight excluding hydrogens is 422 g/mol. The van der Waals surface area contributed by atoms with Gasteiger partial charge in [0, 0.05) is 37.0 Å². The topological polar surface area (TPSA) is 96.8 Å². The lowest BCUT2D eigenvalue weighted by Crippen LogP contribution is -2.40. The maximum absolute atomic E-state index is 14.4. The highest BCUT2D eigenvalue weighted by atomic mass is 19.1. The van der Waals surface area contributed by atoms with E-state index in [-0.39, 0.29) is 22.9 Å². The number of rotatable bonds is 3. The number of nitrogens with one attached hydrogen (secondary N) is 1. The van der Waals surface area contributed by atoms with E-state index in [0.29, 0.717) is 11.4 Å². The fourth-order valence-electron chi connectivity index (χ4n) is 4.70. The van der Waals surface area contributed by atoms with Crippen LogP contribution in [0.4, 0.5) is 20.3 Å². The van der Waals surface area contributed by atoms with Gasteiger partial charge >= 0.3 is 0 Å². The van der Waals surface area contributed by atoms with E-state index in [1.54, 1.807) is 6.20 Å². The molecule has 0 unspecified atom stereocenters. The molecule has 1 fully saturated rings. The lowest BCUT2D eigenvalue weighted by Gasteiger charge is -2.35. The molecule has 1 aliphatic rings. The Labute approximate surface area is 190 Å². The Kier molecular flexibility index (Phi) is 5.25. The summed E-state index contributed by atoms with van der Waals surface area (Å²) in [6.07, 6.45) is 3.46. The zero-order valence-electron chi connectivity index (χ0n) is 18.6. The van der Waals surface area contributed by atoms with E-state index in [4.69, 9.17) is 11.5 Å². The number of aromatic amines is 1. The zero-order chi connectivity index (χ0) is 23.3. The van der Waals surface area contributed by atoms with Crippen molar-refractivity contribution < 1.29 is 8.78 Å². The van der Waals surface area contributed by atoms with Crippen LogP contribution >= 0.6 is 0 Å². The molecule has 0 radical (unpaired) electrons. The number of hydrogen-bond acceptors (Lipinski definition) is 5. The summed E-state index contributed by atoms with van der Waals surface area (Å²) in [7, 11) is 0. The highest BCUT2D eigenvalue weighted by Crippen LogP contribution is 2.43. The predicted molar refractivity (Wildman–Crippen MR) is 128 cm³/mol. The summed E-state index contributed by atoms with van der Waals surface area (Å²) in [6, 6.07) is 8.54. The molecule has 170 valence electrons. The lowest BCUT2D eigenvalue weighted by molar-refractivity contribution is 0.501. The minimum absolute atomic E-state index is 0.0641. The van der Waals surface area contributed by atoms with Crippen LogP contribution in [0.25, 0.3) is 33.5 Å². The summed E-state index contributed by atoms with van der Waals surface area (Å²) < 4.78 is 28.2. The van der Waals surface area contributed by atoms with Gasteiger partial charge in [0.05, 0.1) is 16.8 Å². The Morgan fingerprint density at radius 3 is 2.42 bits per heavy atom. The average molecular weight is 449 g/mol. The zero-order valence-corrected chi connectivity index (χ0v) is 18.6. The van der Waals surface area contributed by atoms with Crippen LogP contribution in [-0.4, -0.2) is 34.1 Å². The largest absolute Gasteiger partial charge is 0.383 e. The van der Waals surface area contributed by atoms with Crippen molar-refractivity contribution >= 4 is 22.5 Å². The number of piperidine rings is 1. The van der Waals surface area contributed by atoms with E-state index in [2.05, 4.69) is 51.9 Å². The number of fused-ring (bicyclic) bond motifs is 1. The molecule has 0 bridgehead atoms. The maximum Gasteiger partial charge on any atom is 0.153 e. The number of imidazole rings is 1. The molecule has 5 rings (SSSR count). The lowest BCUT2D eigenvalue weighted by atomic mass is 9.96. The standard InChI is InChI=1S/C25H26F2N6/c1-13-7-14(2)9-15(8-13)18-12-30-24(29)21(23(18)33-5-3-17(28)4-6-33)25-31-20-11-16(26)10-19(27)22(20)32-25/h7-12,17H,3-6,28H2,1-2H3,(H2,29,30)(H,31,32). The molecule has 2 aromatic carbocycles. The van der Waals surface area contributed by atoms with E-state index in [1.165, 1.54) is 6.07 Å². The quantitative estimate of drug-likeness (QED) is 0.422. The molecule has 33 heavy (non-hydrogen) atoms. The van der Waals surface area contributed by atoms with Crippen molar-refractivity contribution in [2.24, 2.45) is 5.73 Å². The van der Waals surface area contributed by atoms with Gasteiger partial charge in [-0.3, -0.25) is 0 Å². The summed E-state index contributed by atoms with van der Waals surface area (Å²) in [4.78, 5) is 14.2. The normalized spacial score (nSPS) is 14.9. The molecule has 1 aliphatic heterocycles. The number of hydrogen-bond donors (Lipinski definition) is 3. The fourth-order valence-corrected chi connectivity index (χ4v) is 4.70. The van der Waals surface area contributed by atoms with Crippen LogP contribution in [0.2, 0.25) is 0 Å². The molecule has 0 aliphatic carbocycles. The second-order valence-corrected chi connectivity index (χ2v) is 8.85. The second-order valence-electron chi connectivity index (χ2n) is 8.85. The first-order chi connectivity index (χ1) is 15.8. The highest BCUT2D eigenvalue weighted by molar-refractivity contribution is 5.95. The van der Waals surface area contributed by atoms with Gasteiger partial charge in [-0.15, -0.1) is 0 Å². The second kappa shape index (κ2) is 8.12. The Morgan fingerprint density at radius 1 is 1.03 bits per heavy atom. The van der Waals surface area contributed by atoms with Gasteiger partial charge in [-0.05, 0) is 38.3 Å². The molecule has 2 aromatic heterocycles. The minimum Gasteiger partial charge on any atom is -0.383 e. The van der Waals surface area contributed by atoms with E-state index in [0.717, 1.165) is 59.9 Å². The third kappa shape index (κ3) is 3.91. The molecule has 3 heterocycles. The van der Waals surface area contributed by atoms with Crippen LogP contribution in [0.15, 0.2) is 36.5 Å². The average Bonchev–Trinajstić information content (AvgIpc) is 3.17. The van der Waals surface area contributed by atoms with Crippen molar-refractivity contribution in [3.63, 3.8) is 0 Å². The number of benzene rings is 2. The Bertz CT molecular complexity index is 1330. The van der Waals surface area contributed by atoms with E-state index in [1.807, 2.05) is 0 Å². The Morgan fingerprint density at radius 2 is 1.73 bits per heavy atom. The molecule has 4 aromatic rings. The fraction of sp³-hybridized carbons (Fsp3) is 0.280. The monoisotopic (exact) mass is 448 g/mol. The Balaban J connectivity index is 1.77. The predicted octanol–water partition coefficient (Wildman–Crippen LogP) is 4.70. The summed E-state index contributed by atoms with van der Waals surface area (Å²) in [5.74, 6) is -0.769. The number of aromatic nitrogens is 3.